The van der Waals surface area contributed by atoms with E-state index in [0.717, 1.165) is 43.7 Å². The van der Waals surface area contributed by atoms with Crippen LogP contribution in [0.3, 0.4) is 0 Å². The Morgan fingerprint density at radius 2 is 2.03 bits per heavy atom. The van der Waals surface area contributed by atoms with Crippen LogP contribution in [0, 0.1) is 18.8 Å². The molecule has 39 heavy (non-hydrogen) atoms. The Bertz CT molecular complexity index is 1340. The monoisotopic (exact) mass is 527 g/mol. The van der Waals surface area contributed by atoms with Crippen LogP contribution in [-0.2, 0) is 16.6 Å². The molecule has 2 bridgehead atoms. The standard InChI is InChI=1S/C33H41N3O3/c1-20-6-5-7-21(16-20)8-13-29(38)35(4)25-11-10-24-27-17-22-9-12-28(37)31-30(22)33(24,32(25)39-31)14-15-36(27)19-23-18-26(23)34(2)3/h5-9,12-13,16,23-27,32,37H,10-11,14-15,17-19H2,1-4H3/t23?,24-,25+,26?,27+,32-,33-/m0/s1. The highest BCUT2D eigenvalue weighted by molar-refractivity contribution is 5.92. The van der Waals surface area contributed by atoms with Gasteiger partial charge in [0.15, 0.2) is 11.5 Å². The third-order valence-corrected chi connectivity index (χ3v) is 10.7. The van der Waals surface area contributed by atoms with Gasteiger partial charge in [0.1, 0.15) is 6.10 Å². The fourth-order valence-electron chi connectivity index (χ4n) is 8.81. The second-order valence-electron chi connectivity index (χ2n) is 13.0. The van der Waals surface area contributed by atoms with Gasteiger partial charge in [-0.25, -0.2) is 0 Å². The Labute approximate surface area is 232 Å². The molecule has 5 aliphatic rings. The number of likely N-dealkylation sites (N-methyl/N-ethyl adjacent to an activating group) is 1. The van der Waals surface area contributed by atoms with Gasteiger partial charge in [-0.15, -0.1) is 0 Å². The Balaban J connectivity index is 1.18. The highest BCUT2D eigenvalue weighted by Gasteiger charge is 2.66. The number of ether oxygens (including phenoxy) is 1. The summed E-state index contributed by atoms with van der Waals surface area (Å²) < 4.78 is 6.76. The lowest BCUT2D eigenvalue weighted by atomic mass is 9.51. The molecule has 1 saturated heterocycles. The lowest BCUT2D eigenvalue weighted by Crippen LogP contribution is -2.69. The summed E-state index contributed by atoms with van der Waals surface area (Å²) in [5.74, 6) is 2.20. The molecule has 7 atom stereocenters. The molecule has 0 aromatic heterocycles. The highest BCUT2D eigenvalue weighted by Crippen LogP contribution is 2.64. The second-order valence-corrected chi connectivity index (χ2v) is 13.0. The predicted molar refractivity (Wildman–Crippen MR) is 153 cm³/mol. The lowest BCUT2D eigenvalue weighted by Gasteiger charge is -2.60. The zero-order valence-electron chi connectivity index (χ0n) is 23.6. The van der Waals surface area contributed by atoms with Crippen molar-refractivity contribution in [2.45, 2.75) is 68.7 Å². The van der Waals surface area contributed by atoms with Crippen LogP contribution in [0.5, 0.6) is 11.5 Å². The first-order valence-corrected chi connectivity index (χ1v) is 14.7. The number of carbonyl (C=O) groups is 1. The molecule has 3 aliphatic carbocycles. The normalized spacial score (nSPS) is 34.2. The van der Waals surface area contributed by atoms with Crippen molar-refractivity contribution in [3.63, 3.8) is 0 Å². The maximum absolute atomic E-state index is 13.5. The molecule has 6 heteroatoms. The Hall–Kier alpha value is -2.83. The first-order chi connectivity index (χ1) is 18.8. The molecule has 2 aromatic carbocycles. The summed E-state index contributed by atoms with van der Waals surface area (Å²) in [7, 11) is 6.34. The van der Waals surface area contributed by atoms with Gasteiger partial charge in [-0.1, -0.05) is 35.9 Å². The number of rotatable bonds is 6. The number of hydrogen-bond donors (Lipinski definition) is 1. The topological polar surface area (TPSA) is 56.3 Å². The van der Waals surface area contributed by atoms with Gasteiger partial charge in [-0.2, -0.15) is 0 Å². The minimum absolute atomic E-state index is 0.00798. The van der Waals surface area contributed by atoms with Gasteiger partial charge in [-0.05, 0) is 94.8 Å². The third-order valence-electron chi connectivity index (χ3n) is 10.7. The zero-order valence-corrected chi connectivity index (χ0v) is 23.6. The number of aromatic hydroxyl groups is 1. The van der Waals surface area contributed by atoms with Crippen LogP contribution < -0.4 is 4.74 Å². The summed E-state index contributed by atoms with van der Waals surface area (Å²) in [6.07, 6.45) is 8.86. The molecule has 2 aliphatic heterocycles. The van der Waals surface area contributed by atoms with Crippen molar-refractivity contribution in [1.82, 2.24) is 14.7 Å². The summed E-state index contributed by atoms with van der Waals surface area (Å²) in [4.78, 5) is 20.5. The molecular weight excluding hydrogens is 486 g/mol. The number of likely N-dealkylation sites (tertiary alicyclic amines) is 1. The summed E-state index contributed by atoms with van der Waals surface area (Å²) in [5, 5.41) is 10.9. The molecule has 2 saturated carbocycles. The molecule has 206 valence electrons. The number of phenolic OH excluding ortho intramolecular Hbond substituents is 1. The van der Waals surface area contributed by atoms with E-state index < -0.39 is 0 Å². The summed E-state index contributed by atoms with van der Waals surface area (Å²) in [6, 6.07) is 13.3. The van der Waals surface area contributed by atoms with Gasteiger partial charge in [-0.3, -0.25) is 9.69 Å². The van der Waals surface area contributed by atoms with E-state index in [4.69, 9.17) is 4.74 Å². The molecule has 3 fully saturated rings. The van der Waals surface area contributed by atoms with Crippen LogP contribution in [-0.4, -0.2) is 84.2 Å². The first-order valence-electron chi connectivity index (χ1n) is 14.7. The van der Waals surface area contributed by atoms with Crippen LogP contribution >= 0.6 is 0 Å². The molecule has 6 nitrogen and oxygen atoms in total. The Morgan fingerprint density at radius 1 is 1.18 bits per heavy atom. The number of phenols is 1. The van der Waals surface area contributed by atoms with E-state index in [1.165, 1.54) is 29.7 Å². The smallest absolute Gasteiger partial charge is 0.246 e. The number of carbonyl (C=O) groups excluding carboxylic acids is 1. The quantitative estimate of drug-likeness (QED) is 0.570. The Kier molecular flexibility index (Phi) is 5.87. The van der Waals surface area contributed by atoms with Crippen LogP contribution in [0.1, 0.15) is 47.9 Å². The molecule has 2 aromatic rings. The van der Waals surface area contributed by atoms with Crippen molar-refractivity contribution in [3.8, 4) is 11.5 Å². The minimum atomic E-state index is -0.134. The average Bonchev–Trinajstić information content (AvgIpc) is 3.61. The summed E-state index contributed by atoms with van der Waals surface area (Å²) in [5.41, 5.74) is 4.68. The SMILES string of the molecule is Cc1cccc(C=CC(=O)N(C)[C@@H]2CC[C@H]3[C@H]4Cc5ccc(O)c6c5[C@@]3(CCN4CC3CC3N(C)C)[C@H]2O6)c1. The summed E-state index contributed by atoms with van der Waals surface area (Å²) >= 11 is 0. The maximum Gasteiger partial charge on any atom is 0.246 e. The number of aryl methyl sites for hydroxylation is 1. The molecular formula is C33H41N3O3. The van der Waals surface area contributed by atoms with Crippen molar-refractivity contribution in [3.05, 3.63) is 64.7 Å². The zero-order chi connectivity index (χ0) is 27.1. The minimum Gasteiger partial charge on any atom is -0.504 e. The van der Waals surface area contributed by atoms with E-state index >= 15 is 0 Å². The molecule has 1 amide bonds. The number of nitrogens with zero attached hydrogens (tertiary/aromatic N) is 3. The number of amides is 1. The number of piperidine rings is 1. The molecule has 1 N–H and O–H groups in total. The summed E-state index contributed by atoms with van der Waals surface area (Å²) in [6.45, 7) is 4.30. The van der Waals surface area contributed by atoms with Gasteiger partial charge in [0.05, 0.1) is 6.04 Å². The van der Waals surface area contributed by atoms with Crippen LogP contribution in [0.15, 0.2) is 42.5 Å². The van der Waals surface area contributed by atoms with Crippen molar-refractivity contribution in [2.24, 2.45) is 11.8 Å². The van der Waals surface area contributed by atoms with Crippen molar-refractivity contribution in [2.75, 3.05) is 34.2 Å². The van der Waals surface area contributed by atoms with Gasteiger partial charge in [0, 0.05) is 42.7 Å². The van der Waals surface area contributed by atoms with Crippen LogP contribution in [0.2, 0.25) is 0 Å². The fourth-order valence-corrected chi connectivity index (χ4v) is 8.81. The average molecular weight is 528 g/mol. The van der Waals surface area contributed by atoms with Crippen LogP contribution in [0.4, 0.5) is 0 Å². The van der Waals surface area contributed by atoms with Crippen molar-refractivity contribution in [1.29, 1.82) is 0 Å². The predicted octanol–water partition coefficient (Wildman–Crippen LogP) is 4.23. The van der Waals surface area contributed by atoms with Gasteiger partial charge in [0.25, 0.3) is 0 Å². The van der Waals surface area contributed by atoms with Gasteiger partial charge >= 0.3 is 0 Å². The first kappa shape index (κ1) is 25.2. The molecule has 2 heterocycles. The maximum atomic E-state index is 13.5. The van der Waals surface area contributed by atoms with Crippen molar-refractivity contribution >= 4 is 12.0 Å². The largest absolute Gasteiger partial charge is 0.504 e. The molecule has 7 rings (SSSR count). The van der Waals surface area contributed by atoms with Crippen molar-refractivity contribution < 1.29 is 14.6 Å². The van der Waals surface area contributed by atoms with Gasteiger partial charge < -0.3 is 19.6 Å². The van der Waals surface area contributed by atoms with E-state index in [0.29, 0.717) is 23.8 Å². The number of benzene rings is 2. The Morgan fingerprint density at radius 3 is 2.79 bits per heavy atom. The van der Waals surface area contributed by atoms with E-state index in [-0.39, 0.29) is 29.2 Å². The molecule has 1 spiro atoms. The van der Waals surface area contributed by atoms with E-state index in [9.17, 15) is 9.90 Å². The molecule has 0 radical (unpaired) electrons. The van der Waals surface area contributed by atoms with E-state index in [1.54, 1.807) is 6.08 Å². The highest BCUT2D eigenvalue weighted by atomic mass is 16.5. The van der Waals surface area contributed by atoms with Crippen LogP contribution in [0.25, 0.3) is 6.08 Å². The fraction of sp³-hybridized carbons (Fsp3) is 0.545. The lowest BCUT2D eigenvalue weighted by molar-refractivity contribution is -0.135. The van der Waals surface area contributed by atoms with Gasteiger partial charge in [0.2, 0.25) is 5.91 Å². The third kappa shape index (κ3) is 3.86. The van der Waals surface area contributed by atoms with E-state index in [1.807, 2.05) is 36.2 Å². The second kappa shape index (κ2) is 9.10. The van der Waals surface area contributed by atoms with E-state index in [2.05, 4.69) is 49.0 Å². The number of hydrogen-bond acceptors (Lipinski definition) is 5. The molecule has 2 unspecified atom stereocenters.